The number of amides is 1. The fourth-order valence-electron chi connectivity index (χ4n) is 1.37. The first-order valence-corrected chi connectivity index (χ1v) is 4.99. The van der Waals surface area contributed by atoms with Crippen molar-refractivity contribution in [1.82, 2.24) is 5.32 Å². The first-order valence-electron chi connectivity index (χ1n) is 4.54. The van der Waals surface area contributed by atoms with E-state index in [0.29, 0.717) is 0 Å². The monoisotopic (exact) mass is 223 g/mol. The molecule has 0 spiro atoms. The van der Waals surface area contributed by atoms with Gasteiger partial charge >= 0.3 is 0 Å². The number of hydrogen-bond donors (Lipinski definition) is 2. The highest BCUT2D eigenvalue weighted by molar-refractivity contribution is 7.96. The molecule has 0 saturated heterocycles. The Balaban J connectivity index is 3.13. The van der Waals surface area contributed by atoms with Crippen LogP contribution in [-0.2, 0) is 15.1 Å². The lowest BCUT2D eigenvalue weighted by atomic mass is 9.93. The topological polar surface area (TPSA) is 46.2 Å². The van der Waals surface area contributed by atoms with Crippen molar-refractivity contribution in [3.8, 4) is 0 Å². The van der Waals surface area contributed by atoms with Gasteiger partial charge in [-0.2, -0.15) is 0 Å². The minimum absolute atomic E-state index is 0.260. The lowest BCUT2D eigenvalue weighted by Gasteiger charge is -2.27. The van der Waals surface area contributed by atoms with E-state index in [-0.39, 0.29) is 11.0 Å². The van der Waals surface area contributed by atoms with Gasteiger partial charge in [-0.3, -0.25) is 9.59 Å². The highest BCUT2D eigenvalue weighted by Gasteiger charge is 2.33. The first kappa shape index (κ1) is 11.8. The highest BCUT2D eigenvalue weighted by Crippen LogP contribution is 2.23. The molecule has 0 radical (unpaired) electrons. The first-order chi connectivity index (χ1) is 6.97. The molecular weight excluding hydrogens is 210 g/mol. The molecule has 0 fully saturated rings. The third-order valence-electron chi connectivity index (χ3n) is 2.20. The molecule has 1 unspecified atom stereocenters. The maximum atomic E-state index is 11.5. The SMILES string of the molecule is CC(=O)NC(C)(C(=O)S)c1ccccc1. The molecule has 0 heterocycles. The van der Waals surface area contributed by atoms with Crippen LogP contribution in [0.3, 0.4) is 0 Å². The van der Waals surface area contributed by atoms with E-state index in [9.17, 15) is 9.59 Å². The van der Waals surface area contributed by atoms with Gasteiger partial charge in [-0.1, -0.05) is 30.3 Å². The molecule has 1 amide bonds. The van der Waals surface area contributed by atoms with E-state index in [2.05, 4.69) is 17.9 Å². The summed E-state index contributed by atoms with van der Waals surface area (Å²) >= 11 is 3.81. The predicted octanol–water partition coefficient (Wildman–Crippen LogP) is 1.49. The number of hydrogen-bond acceptors (Lipinski definition) is 2. The molecule has 0 aliphatic rings. The van der Waals surface area contributed by atoms with Gasteiger partial charge in [0.2, 0.25) is 11.0 Å². The normalized spacial score (nSPS) is 14.1. The Bertz CT molecular complexity index is 377. The zero-order valence-corrected chi connectivity index (χ0v) is 9.54. The molecule has 0 aromatic heterocycles. The van der Waals surface area contributed by atoms with E-state index in [1.807, 2.05) is 18.2 Å². The van der Waals surface area contributed by atoms with Gasteiger partial charge in [0.05, 0.1) is 0 Å². The van der Waals surface area contributed by atoms with E-state index < -0.39 is 5.54 Å². The van der Waals surface area contributed by atoms with Gasteiger partial charge in [0.1, 0.15) is 5.54 Å². The molecule has 3 nitrogen and oxygen atoms in total. The summed E-state index contributed by atoms with van der Waals surface area (Å²) in [6.07, 6.45) is 0. The second-order valence-corrected chi connectivity index (χ2v) is 3.88. The average molecular weight is 223 g/mol. The van der Waals surface area contributed by atoms with Crippen molar-refractivity contribution >= 4 is 23.7 Å². The minimum Gasteiger partial charge on any atom is -0.339 e. The lowest BCUT2D eigenvalue weighted by Crippen LogP contribution is -2.46. The number of thiol groups is 1. The number of rotatable bonds is 3. The molecule has 80 valence electrons. The molecule has 1 aromatic carbocycles. The number of nitrogens with one attached hydrogen (secondary N) is 1. The summed E-state index contributed by atoms with van der Waals surface area (Å²) < 4.78 is 0. The number of carbonyl (C=O) groups is 2. The zero-order valence-electron chi connectivity index (χ0n) is 8.65. The third kappa shape index (κ3) is 2.59. The van der Waals surface area contributed by atoms with Crippen LogP contribution in [0.2, 0.25) is 0 Å². The highest BCUT2D eigenvalue weighted by atomic mass is 32.1. The number of benzene rings is 1. The van der Waals surface area contributed by atoms with Gasteiger partial charge in [0.25, 0.3) is 0 Å². The average Bonchev–Trinajstić information content (AvgIpc) is 2.17. The summed E-state index contributed by atoms with van der Waals surface area (Å²) in [7, 11) is 0. The lowest BCUT2D eigenvalue weighted by molar-refractivity contribution is -0.126. The fourth-order valence-corrected chi connectivity index (χ4v) is 1.56. The molecule has 1 atom stereocenters. The van der Waals surface area contributed by atoms with Crippen LogP contribution in [0.15, 0.2) is 30.3 Å². The van der Waals surface area contributed by atoms with E-state index in [1.54, 1.807) is 19.1 Å². The Hall–Kier alpha value is -1.29. The van der Waals surface area contributed by atoms with Gasteiger partial charge < -0.3 is 5.32 Å². The van der Waals surface area contributed by atoms with E-state index in [4.69, 9.17) is 0 Å². The molecule has 1 aromatic rings. The van der Waals surface area contributed by atoms with Crippen LogP contribution in [0.4, 0.5) is 0 Å². The predicted molar refractivity (Wildman–Crippen MR) is 61.6 cm³/mol. The van der Waals surface area contributed by atoms with Crippen molar-refractivity contribution in [1.29, 1.82) is 0 Å². The van der Waals surface area contributed by atoms with Gasteiger partial charge in [0, 0.05) is 6.92 Å². The molecule has 1 N–H and O–H groups in total. The summed E-state index contributed by atoms with van der Waals surface area (Å²) in [5.41, 5.74) is -0.337. The molecule has 1 rings (SSSR count). The summed E-state index contributed by atoms with van der Waals surface area (Å²) in [4.78, 5) is 22.5. The minimum atomic E-state index is -1.06. The molecule has 15 heavy (non-hydrogen) atoms. The van der Waals surface area contributed by atoms with Crippen LogP contribution in [-0.4, -0.2) is 11.0 Å². The van der Waals surface area contributed by atoms with E-state index in [0.717, 1.165) is 5.56 Å². The van der Waals surface area contributed by atoms with Crippen molar-refractivity contribution in [2.45, 2.75) is 19.4 Å². The Labute approximate surface area is 94.3 Å². The van der Waals surface area contributed by atoms with Crippen LogP contribution in [0.5, 0.6) is 0 Å². The van der Waals surface area contributed by atoms with Crippen molar-refractivity contribution in [3.05, 3.63) is 35.9 Å². The van der Waals surface area contributed by atoms with Crippen LogP contribution in [0.1, 0.15) is 19.4 Å². The van der Waals surface area contributed by atoms with Crippen molar-refractivity contribution in [3.63, 3.8) is 0 Å². The molecule has 4 heteroatoms. The number of carbonyl (C=O) groups excluding carboxylic acids is 2. The summed E-state index contributed by atoms with van der Waals surface area (Å²) in [6.45, 7) is 3.01. The van der Waals surface area contributed by atoms with Crippen LogP contribution in [0, 0.1) is 0 Å². The second kappa shape index (κ2) is 4.49. The smallest absolute Gasteiger partial charge is 0.217 e. The molecule has 0 aliphatic heterocycles. The van der Waals surface area contributed by atoms with Crippen molar-refractivity contribution in [2.24, 2.45) is 0 Å². The third-order valence-corrected chi connectivity index (χ3v) is 2.65. The van der Waals surface area contributed by atoms with E-state index in [1.165, 1.54) is 6.92 Å². The van der Waals surface area contributed by atoms with Crippen LogP contribution >= 0.6 is 12.6 Å². The Morgan fingerprint density at radius 1 is 1.27 bits per heavy atom. The van der Waals surface area contributed by atoms with E-state index >= 15 is 0 Å². The zero-order chi connectivity index (χ0) is 11.5. The van der Waals surface area contributed by atoms with Gasteiger partial charge in [-0.05, 0) is 12.5 Å². The Morgan fingerprint density at radius 3 is 2.20 bits per heavy atom. The molecule has 0 aliphatic carbocycles. The van der Waals surface area contributed by atoms with Gasteiger partial charge in [0.15, 0.2) is 0 Å². The van der Waals surface area contributed by atoms with Gasteiger partial charge in [-0.15, -0.1) is 12.6 Å². The Morgan fingerprint density at radius 2 is 1.80 bits per heavy atom. The largest absolute Gasteiger partial charge is 0.339 e. The van der Waals surface area contributed by atoms with Gasteiger partial charge in [-0.25, -0.2) is 0 Å². The maximum Gasteiger partial charge on any atom is 0.217 e. The molecule has 0 saturated carbocycles. The van der Waals surface area contributed by atoms with Crippen LogP contribution in [0.25, 0.3) is 0 Å². The van der Waals surface area contributed by atoms with Crippen molar-refractivity contribution < 1.29 is 9.59 Å². The summed E-state index contributed by atoms with van der Waals surface area (Å²) in [5.74, 6) is -0.260. The Kier molecular flexibility index (Phi) is 3.52. The van der Waals surface area contributed by atoms with Crippen molar-refractivity contribution in [2.75, 3.05) is 0 Å². The standard InChI is InChI=1S/C11H13NO2S/c1-8(13)12-11(2,10(14)15)9-6-4-3-5-7-9/h3-7H,1-2H3,(H,12,13)(H,14,15). The maximum absolute atomic E-state index is 11.5. The summed E-state index contributed by atoms with van der Waals surface area (Å²) in [6, 6.07) is 9.03. The molecular formula is C11H13NO2S. The fraction of sp³-hybridized carbons (Fsp3) is 0.273. The second-order valence-electron chi connectivity index (χ2n) is 3.48. The quantitative estimate of drug-likeness (QED) is 0.763. The molecule has 0 bridgehead atoms. The van der Waals surface area contributed by atoms with Crippen LogP contribution < -0.4 is 5.32 Å². The summed E-state index contributed by atoms with van der Waals surface area (Å²) in [5, 5.41) is 2.22.